The number of amides is 1. The van der Waals surface area contributed by atoms with Crippen LogP contribution in [0.1, 0.15) is 10.4 Å². The predicted octanol–water partition coefficient (Wildman–Crippen LogP) is 5.83. The van der Waals surface area contributed by atoms with E-state index in [1.807, 2.05) is 54.6 Å². The Balaban J connectivity index is 1.37. The minimum Gasteiger partial charge on any atom is -0.322 e. The normalized spacial score (nSPS) is 11.1. The molecule has 0 saturated carbocycles. The molecule has 0 aliphatic heterocycles. The summed E-state index contributed by atoms with van der Waals surface area (Å²) in [6.07, 6.45) is 0. The lowest BCUT2D eigenvalue weighted by Crippen LogP contribution is -2.11. The second-order valence-electron chi connectivity index (χ2n) is 6.05. The van der Waals surface area contributed by atoms with Crippen molar-refractivity contribution in [2.45, 2.75) is 0 Å². The lowest BCUT2D eigenvalue weighted by molar-refractivity contribution is 0.102. The third-order valence-electron chi connectivity index (χ3n) is 4.28. The van der Waals surface area contributed by atoms with Gasteiger partial charge in [-0.2, -0.15) is 0 Å². The summed E-state index contributed by atoms with van der Waals surface area (Å²) in [6, 6.07) is 21.4. The Morgan fingerprint density at radius 2 is 1.74 bits per heavy atom. The summed E-state index contributed by atoms with van der Waals surface area (Å²) < 4.78 is 2.18. The third kappa shape index (κ3) is 3.09. The Kier molecular flexibility index (Phi) is 3.92. The van der Waals surface area contributed by atoms with Gasteiger partial charge in [-0.25, -0.2) is 9.97 Å². The Bertz CT molecular complexity index is 1240. The van der Waals surface area contributed by atoms with E-state index in [2.05, 4.69) is 21.4 Å². The highest BCUT2D eigenvalue weighted by Gasteiger charge is 2.09. The Morgan fingerprint density at radius 1 is 0.889 bits per heavy atom. The zero-order valence-electron chi connectivity index (χ0n) is 14.0. The Morgan fingerprint density at radius 3 is 2.59 bits per heavy atom. The predicted molar refractivity (Wildman–Crippen MR) is 113 cm³/mol. The number of rotatable bonds is 3. The number of carbonyl (C=O) groups is 1. The maximum Gasteiger partial charge on any atom is 0.255 e. The molecule has 0 unspecified atom stereocenters. The maximum absolute atomic E-state index is 12.5. The minimum atomic E-state index is -0.127. The Labute approximate surface area is 163 Å². The molecule has 0 fully saturated rings. The van der Waals surface area contributed by atoms with Gasteiger partial charge in [0.05, 0.1) is 25.9 Å². The number of hydrogen-bond donors (Lipinski definition) is 1. The zero-order chi connectivity index (χ0) is 18.2. The van der Waals surface area contributed by atoms with Gasteiger partial charge in [0.15, 0.2) is 0 Å². The summed E-state index contributed by atoms with van der Waals surface area (Å²) in [7, 11) is 0. The van der Waals surface area contributed by atoms with E-state index in [1.54, 1.807) is 22.9 Å². The van der Waals surface area contributed by atoms with E-state index in [4.69, 9.17) is 0 Å². The fourth-order valence-corrected chi connectivity index (χ4v) is 4.58. The average molecular weight is 387 g/mol. The van der Waals surface area contributed by atoms with Crippen molar-refractivity contribution >= 4 is 54.7 Å². The van der Waals surface area contributed by atoms with Crippen molar-refractivity contribution in [1.29, 1.82) is 0 Å². The van der Waals surface area contributed by atoms with Gasteiger partial charge < -0.3 is 5.32 Å². The molecule has 2 heterocycles. The van der Waals surface area contributed by atoms with Gasteiger partial charge >= 0.3 is 0 Å². The van der Waals surface area contributed by atoms with Crippen molar-refractivity contribution in [2.75, 3.05) is 5.32 Å². The lowest BCUT2D eigenvalue weighted by Gasteiger charge is -2.06. The highest BCUT2D eigenvalue weighted by atomic mass is 32.1. The van der Waals surface area contributed by atoms with E-state index in [0.29, 0.717) is 5.56 Å². The van der Waals surface area contributed by atoms with Crippen LogP contribution < -0.4 is 5.32 Å². The number of benzene rings is 3. The molecular weight excluding hydrogens is 374 g/mol. The SMILES string of the molecule is O=C(Nc1ccc(-c2nc3ccccc3s2)cc1)c1ccc2ncsc2c1. The second-order valence-corrected chi connectivity index (χ2v) is 7.97. The van der Waals surface area contributed by atoms with Gasteiger partial charge in [0.25, 0.3) is 5.91 Å². The fraction of sp³-hybridized carbons (Fsp3) is 0. The number of nitrogens with zero attached hydrogens (tertiary/aromatic N) is 2. The topological polar surface area (TPSA) is 54.9 Å². The van der Waals surface area contributed by atoms with Gasteiger partial charge in [-0.05, 0) is 54.6 Å². The van der Waals surface area contributed by atoms with Crippen LogP contribution in [-0.4, -0.2) is 15.9 Å². The number of anilines is 1. The molecule has 0 aliphatic carbocycles. The minimum absolute atomic E-state index is 0.127. The molecule has 3 aromatic carbocycles. The van der Waals surface area contributed by atoms with Crippen LogP contribution in [0, 0.1) is 0 Å². The largest absolute Gasteiger partial charge is 0.322 e. The fourth-order valence-electron chi connectivity index (χ4n) is 2.89. The van der Waals surface area contributed by atoms with E-state index < -0.39 is 0 Å². The van der Waals surface area contributed by atoms with Crippen LogP contribution >= 0.6 is 22.7 Å². The number of fused-ring (bicyclic) bond motifs is 2. The number of hydrogen-bond acceptors (Lipinski definition) is 5. The third-order valence-corrected chi connectivity index (χ3v) is 6.15. The van der Waals surface area contributed by atoms with Gasteiger partial charge in [0.2, 0.25) is 0 Å². The van der Waals surface area contributed by atoms with E-state index >= 15 is 0 Å². The lowest BCUT2D eigenvalue weighted by atomic mass is 10.2. The van der Waals surface area contributed by atoms with Crippen molar-refractivity contribution in [1.82, 2.24) is 9.97 Å². The van der Waals surface area contributed by atoms with Crippen molar-refractivity contribution in [3.63, 3.8) is 0 Å². The van der Waals surface area contributed by atoms with Crippen LogP contribution in [0.4, 0.5) is 5.69 Å². The highest BCUT2D eigenvalue weighted by molar-refractivity contribution is 7.21. The summed E-state index contributed by atoms with van der Waals surface area (Å²) >= 11 is 3.20. The first-order chi connectivity index (χ1) is 13.3. The number of aromatic nitrogens is 2. The molecule has 130 valence electrons. The molecule has 0 spiro atoms. The van der Waals surface area contributed by atoms with Crippen LogP contribution in [0.3, 0.4) is 0 Å². The number of thiazole rings is 2. The van der Waals surface area contributed by atoms with Crippen LogP contribution in [0.2, 0.25) is 0 Å². The molecule has 4 nitrogen and oxygen atoms in total. The second kappa shape index (κ2) is 6.57. The number of carbonyl (C=O) groups excluding carboxylic acids is 1. The Hall–Kier alpha value is -3.09. The van der Waals surface area contributed by atoms with Crippen LogP contribution in [0.25, 0.3) is 31.0 Å². The van der Waals surface area contributed by atoms with Gasteiger partial charge in [0.1, 0.15) is 5.01 Å². The van der Waals surface area contributed by atoms with Crippen molar-refractivity contribution < 1.29 is 4.79 Å². The van der Waals surface area contributed by atoms with Crippen LogP contribution in [0.5, 0.6) is 0 Å². The number of nitrogens with one attached hydrogen (secondary N) is 1. The molecular formula is C21H13N3OS2. The molecule has 0 bridgehead atoms. The molecule has 27 heavy (non-hydrogen) atoms. The first kappa shape index (κ1) is 16.1. The van der Waals surface area contributed by atoms with Crippen molar-refractivity contribution in [3.8, 4) is 10.6 Å². The van der Waals surface area contributed by atoms with E-state index in [9.17, 15) is 4.79 Å². The van der Waals surface area contributed by atoms with Crippen LogP contribution in [-0.2, 0) is 0 Å². The monoisotopic (exact) mass is 387 g/mol. The summed E-state index contributed by atoms with van der Waals surface area (Å²) in [5.74, 6) is -0.127. The molecule has 0 atom stereocenters. The molecule has 6 heteroatoms. The maximum atomic E-state index is 12.5. The molecule has 5 rings (SSSR count). The molecule has 0 radical (unpaired) electrons. The van der Waals surface area contributed by atoms with Gasteiger partial charge in [-0.3, -0.25) is 4.79 Å². The summed E-state index contributed by atoms with van der Waals surface area (Å²) in [4.78, 5) is 21.4. The highest BCUT2D eigenvalue weighted by Crippen LogP contribution is 2.30. The van der Waals surface area contributed by atoms with Gasteiger partial charge in [-0.15, -0.1) is 22.7 Å². The molecule has 1 N–H and O–H groups in total. The quantitative estimate of drug-likeness (QED) is 0.424. The van der Waals surface area contributed by atoms with E-state index in [-0.39, 0.29) is 5.91 Å². The molecule has 0 saturated heterocycles. The van der Waals surface area contributed by atoms with Crippen molar-refractivity contribution in [3.05, 3.63) is 77.8 Å². The standard InChI is InChI=1S/C21H13N3OS2/c25-20(14-7-10-16-19(11-14)26-12-22-16)23-15-8-5-13(6-9-15)21-24-17-3-1-2-4-18(17)27-21/h1-12H,(H,23,25). The van der Waals surface area contributed by atoms with Gasteiger partial charge in [-0.1, -0.05) is 12.1 Å². The molecule has 2 aromatic heterocycles. The van der Waals surface area contributed by atoms with Gasteiger partial charge in [0, 0.05) is 16.8 Å². The van der Waals surface area contributed by atoms with Crippen molar-refractivity contribution in [2.24, 2.45) is 0 Å². The average Bonchev–Trinajstić information content (AvgIpc) is 3.34. The number of para-hydroxylation sites is 1. The first-order valence-corrected chi connectivity index (χ1v) is 10.1. The first-order valence-electron chi connectivity index (χ1n) is 8.37. The van der Waals surface area contributed by atoms with E-state index in [1.165, 1.54) is 16.0 Å². The van der Waals surface area contributed by atoms with E-state index in [0.717, 1.165) is 32.0 Å². The molecule has 5 aromatic rings. The summed E-state index contributed by atoms with van der Waals surface area (Å²) in [5.41, 5.74) is 6.13. The summed E-state index contributed by atoms with van der Waals surface area (Å²) in [6.45, 7) is 0. The summed E-state index contributed by atoms with van der Waals surface area (Å²) in [5, 5.41) is 3.93. The van der Waals surface area contributed by atoms with Crippen LogP contribution in [0.15, 0.2) is 72.2 Å². The molecule has 1 amide bonds. The smallest absolute Gasteiger partial charge is 0.255 e. The zero-order valence-corrected chi connectivity index (χ0v) is 15.7. The molecule has 0 aliphatic rings.